The molecule has 7 heteroatoms. The van der Waals surface area contributed by atoms with Gasteiger partial charge >= 0.3 is 5.97 Å². The molecule has 2 aromatic heterocycles. The van der Waals surface area contributed by atoms with Gasteiger partial charge in [0.25, 0.3) is 0 Å². The number of hydrogen-bond acceptors (Lipinski definition) is 5. The number of H-pyrrole nitrogens is 1. The molecule has 0 aliphatic rings. The molecule has 2 aromatic carbocycles. The quantitative estimate of drug-likeness (QED) is 0.475. The number of ether oxygens (including phenoxy) is 3. The molecule has 2 heterocycles. The van der Waals surface area contributed by atoms with Crippen LogP contribution in [0.15, 0.2) is 60.9 Å². The highest BCUT2D eigenvalue weighted by Gasteiger charge is 2.14. The molecule has 0 amide bonds. The van der Waals surface area contributed by atoms with Crippen molar-refractivity contribution in [3.8, 4) is 39.5 Å². The van der Waals surface area contributed by atoms with Crippen molar-refractivity contribution >= 4 is 17.0 Å². The van der Waals surface area contributed by atoms with Crippen molar-refractivity contribution in [2.75, 3.05) is 20.8 Å². The van der Waals surface area contributed by atoms with E-state index < -0.39 is 12.6 Å². The molecule has 30 heavy (non-hydrogen) atoms. The van der Waals surface area contributed by atoms with E-state index in [-0.39, 0.29) is 0 Å². The zero-order valence-corrected chi connectivity index (χ0v) is 16.5. The van der Waals surface area contributed by atoms with E-state index in [1.807, 2.05) is 42.6 Å². The smallest absolute Gasteiger partial charge is 0.341 e. The van der Waals surface area contributed by atoms with Crippen molar-refractivity contribution in [3.63, 3.8) is 0 Å². The van der Waals surface area contributed by atoms with Crippen molar-refractivity contribution < 1.29 is 24.1 Å². The highest BCUT2D eigenvalue weighted by Crippen LogP contribution is 2.37. The van der Waals surface area contributed by atoms with Crippen LogP contribution in [0.25, 0.3) is 33.3 Å². The number of methoxy groups -OCH3 is 2. The Balaban J connectivity index is 1.76. The van der Waals surface area contributed by atoms with Crippen LogP contribution in [0.5, 0.6) is 17.2 Å². The second kappa shape index (κ2) is 8.16. The SMILES string of the molecule is COc1cc(-c2cnc3[nH]cc(-c4ccccc4OC)c3c2)ccc1OCC(=O)O. The number of rotatable bonds is 7. The standard InChI is InChI=1S/C23H20N2O5/c1-28-19-6-4-3-5-16(19)18-12-25-23-17(18)9-15(11-24-23)14-7-8-20(21(10-14)29-2)30-13-22(26)27/h3-12H,13H2,1-2H3,(H,24,25)(H,26,27). The minimum atomic E-state index is -1.05. The average Bonchev–Trinajstić information content (AvgIpc) is 3.20. The molecule has 0 aliphatic heterocycles. The van der Waals surface area contributed by atoms with Gasteiger partial charge in [-0.3, -0.25) is 0 Å². The summed E-state index contributed by atoms with van der Waals surface area (Å²) in [6, 6.07) is 15.2. The number of carbonyl (C=O) groups is 1. The zero-order chi connectivity index (χ0) is 21.1. The molecule has 0 atom stereocenters. The Morgan fingerprint density at radius 2 is 1.77 bits per heavy atom. The van der Waals surface area contributed by atoms with Gasteiger partial charge in [0.1, 0.15) is 11.4 Å². The highest BCUT2D eigenvalue weighted by atomic mass is 16.5. The summed E-state index contributed by atoms with van der Waals surface area (Å²) in [5.74, 6) is 0.555. The molecule has 152 valence electrons. The van der Waals surface area contributed by atoms with Gasteiger partial charge in [0, 0.05) is 34.5 Å². The van der Waals surface area contributed by atoms with Gasteiger partial charge in [-0.25, -0.2) is 9.78 Å². The lowest BCUT2D eigenvalue weighted by molar-refractivity contribution is -0.139. The Morgan fingerprint density at radius 1 is 0.967 bits per heavy atom. The van der Waals surface area contributed by atoms with Crippen LogP contribution in [0.4, 0.5) is 0 Å². The number of pyridine rings is 1. The first-order valence-electron chi connectivity index (χ1n) is 9.24. The van der Waals surface area contributed by atoms with Crippen LogP contribution in [-0.4, -0.2) is 41.9 Å². The average molecular weight is 404 g/mol. The van der Waals surface area contributed by atoms with E-state index in [9.17, 15) is 4.79 Å². The van der Waals surface area contributed by atoms with E-state index >= 15 is 0 Å². The van der Waals surface area contributed by atoms with Crippen LogP contribution in [0.2, 0.25) is 0 Å². The van der Waals surface area contributed by atoms with Gasteiger partial charge in [-0.2, -0.15) is 0 Å². The van der Waals surface area contributed by atoms with E-state index in [4.69, 9.17) is 19.3 Å². The van der Waals surface area contributed by atoms with Crippen molar-refractivity contribution in [3.05, 3.63) is 60.9 Å². The number of benzene rings is 2. The molecular formula is C23H20N2O5. The predicted octanol–water partition coefficient (Wildman–Crippen LogP) is 4.38. The van der Waals surface area contributed by atoms with Crippen LogP contribution in [-0.2, 0) is 4.79 Å². The molecule has 7 nitrogen and oxygen atoms in total. The molecule has 0 fully saturated rings. The monoisotopic (exact) mass is 404 g/mol. The largest absolute Gasteiger partial charge is 0.496 e. The van der Waals surface area contributed by atoms with Gasteiger partial charge in [0.2, 0.25) is 0 Å². The first kappa shape index (κ1) is 19.3. The second-order valence-corrected chi connectivity index (χ2v) is 6.57. The number of hydrogen-bond donors (Lipinski definition) is 2. The lowest BCUT2D eigenvalue weighted by Gasteiger charge is -2.11. The molecule has 0 saturated carbocycles. The summed E-state index contributed by atoms with van der Waals surface area (Å²) in [5, 5.41) is 9.78. The normalized spacial score (nSPS) is 10.7. The van der Waals surface area contributed by atoms with E-state index in [1.165, 1.54) is 7.11 Å². The number of nitrogens with one attached hydrogen (secondary N) is 1. The van der Waals surface area contributed by atoms with Crippen LogP contribution in [0.1, 0.15) is 0 Å². The van der Waals surface area contributed by atoms with Gasteiger partial charge < -0.3 is 24.3 Å². The molecular weight excluding hydrogens is 384 g/mol. The van der Waals surface area contributed by atoms with Crippen molar-refractivity contribution in [2.45, 2.75) is 0 Å². The van der Waals surface area contributed by atoms with Gasteiger partial charge in [0.05, 0.1) is 14.2 Å². The lowest BCUT2D eigenvalue weighted by atomic mass is 10.0. The number of carboxylic acids is 1. The van der Waals surface area contributed by atoms with Crippen molar-refractivity contribution in [1.82, 2.24) is 9.97 Å². The molecule has 0 spiro atoms. The third-order valence-electron chi connectivity index (χ3n) is 4.78. The maximum absolute atomic E-state index is 10.8. The van der Waals surface area contributed by atoms with Gasteiger partial charge in [0.15, 0.2) is 18.1 Å². The first-order valence-corrected chi connectivity index (χ1v) is 9.24. The summed E-state index contributed by atoms with van der Waals surface area (Å²) in [6.07, 6.45) is 3.69. The Kier molecular flexibility index (Phi) is 5.26. The van der Waals surface area contributed by atoms with Crippen molar-refractivity contribution in [1.29, 1.82) is 0 Å². The van der Waals surface area contributed by atoms with Gasteiger partial charge in [-0.05, 0) is 29.8 Å². The minimum Gasteiger partial charge on any atom is -0.496 e. The molecule has 0 radical (unpaired) electrons. The number of aromatic amines is 1. The summed E-state index contributed by atoms with van der Waals surface area (Å²) in [4.78, 5) is 18.5. The Bertz CT molecular complexity index is 1220. The minimum absolute atomic E-state index is 0.369. The number of aromatic nitrogens is 2. The maximum atomic E-state index is 10.8. The number of carboxylic acid groups (broad SMARTS) is 1. The summed E-state index contributed by atoms with van der Waals surface area (Å²) < 4.78 is 16.2. The Morgan fingerprint density at radius 3 is 2.53 bits per heavy atom. The van der Waals surface area contributed by atoms with Crippen LogP contribution in [0, 0.1) is 0 Å². The van der Waals surface area contributed by atoms with E-state index in [2.05, 4.69) is 9.97 Å². The number of nitrogens with zero attached hydrogens (tertiary/aromatic N) is 1. The fraction of sp³-hybridized carbons (Fsp3) is 0.130. The Labute approximate surface area is 172 Å². The zero-order valence-electron chi connectivity index (χ0n) is 16.5. The van der Waals surface area contributed by atoms with E-state index in [0.717, 1.165) is 39.0 Å². The van der Waals surface area contributed by atoms with E-state index in [1.54, 1.807) is 25.4 Å². The Hall–Kier alpha value is -4.00. The fourth-order valence-electron chi connectivity index (χ4n) is 3.36. The molecule has 0 unspecified atom stereocenters. The van der Waals surface area contributed by atoms with Crippen LogP contribution in [0.3, 0.4) is 0 Å². The molecule has 2 N–H and O–H groups in total. The molecule has 4 rings (SSSR count). The fourth-order valence-corrected chi connectivity index (χ4v) is 3.36. The lowest BCUT2D eigenvalue weighted by Crippen LogP contribution is -2.10. The molecule has 4 aromatic rings. The third kappa shape index (κ3) is 3.65. The number of para-hydroxylation sites is 1. The first-order chi connectivity index (χ1) is 14.6. The van der Waals surface area contributed by atoms with Gasteiger partial charge in [-0.15, -0.1) is 0 Å². The summed E-state index contributed by atoms with van der Waals surface area (Å²) >= 11 is 0. The molecule has 0 saturated heterocycles. The second-order valence-electron chi connectivity index (χ2n) is 6.57. The summed E-state index contributed by atoms with van der Waals surface area (Å²) in [7, 11) is 3.16. The highest BCUT2D eigenvalue weighted by molar-refractivity contribution is 5.97. The predicted molar refractivity (Wildman–Crippen MR) is 113 cm³/mol. The topological polar surface area (TPSA) is 93.7 Å². The summed E-state index contributed by atoms with van der Waals surface area (Å²) in [6.45, 7) is -0.436. The number of aliphatic carboxylic acids is 1. The van der Waals surface area contributed by atoms with E-state index in [0.29, 0.717) is 11.5 Å². The number of fused-ring (bicyclic) bond motifs is 1. The van der Waals surface area contributed by atoms with Gasteiger partial charge in [-0.1, -0.05) is 24.3 Å². The molecule has 0 bridgehead atoms. The van der Waals surface area contributed by atoms with Crippen molar-refractivity contribution in [2.24, 2.45) is 0 Å². The van der Waals surface area contributed by atoms with Crippen LogP contribution >= 0.6 is 0 Å². The van der Waals surface area contributed by atoms with Crippen LogP contribution < -0.4 is 14.2 Å². The molecule has 0 aliphatic carbocycles. The summed E-state index contributed by atoms with van der Waals surface area (Å²) in [5.41, 5.74) is 4.50. The maximum Gasteiger partial charge on any atom is 0.341 e. The third-order valence-corrected chi connectivity index (χ3v) is 4.78.